The molecular weight excluding hydrogens is 288 g/mol. The number of benzene rings is 1. The number of carbonyl (C=O) groups excluding carboxylic acids is 1. The molecule has 2 N–H and O–H groups in total. The van der Waals surface area contributed by atoms with Gasteiger partial charge < -0.3 is 10.6 Å². The molecule has 1 atom stereocenters. The van der Waals surface area contributed by atoms with E-state index in [9.17, 15) is 4.79 Å². The van der Waals surface area contributed by atoms with Gasteiger partial charge in [-0.3, -0.25) is 4.79 Å². The van der Waals surface area contributed by atoms with Crippen LogP contribution in [0.1, 0.15) is 45.8 Å². The fourth-order valence-electron chi connectivity index (χ4n) is 3.04. The molecular formula is C18H22N4O. The summed E-state index contributed by atoms with van der Waals surface area (Å²) in [6, 6.07) is 10.4. The van der Waals surface area contributed by atoms with E-state index < -0.39 is 0 Å². The second-order valence-corrected chi connectivity index (χ2v) is 5.87. The summed E-state index contributed by atoms with van der Waals surface area (Å²) in [7, 11) is 0. The molecule has 3 rings (SSSR count). The molecule has 1 aliphatic rings. The van der Waals surface area contributed by atoms with Crippen LogP contribution in [-0.4, -0.2) is 29.2 Å². The second-order valence-electron chi connectivity index (χ2n) is 5.87. The van der Waals surface area contributed by atoms with Gasteiger partial charge in [-0.2, -0.15) is 10.2 Å². The van der Waals surface area contributed by atoms with Gasteiger partial charge in [-0.25, -0.2) is 0 Å². The van der Waals surface area contributed by atoms with Crippen LogP contribution >= 0.6 is 0 Å². The van der Waals surface area contributed by atoms with Gasteiger partial charge in [0.1, 0.15) is 0 Å². The Morgan fingerprint density at radius 3 is 3.00 bits per heavy atom. The van der Waals surface area contributed by atoms with Crippen LogP contribution in [0.3, 0.4) is 0 Å². The molecule has 2 heterocycles. The Morgan fingerprint density at radius 1 is 1.35 bits per heavy atom. The van der Waals surface area contributed by atoms with Gasteiger partial charge in [-0.15, -0.1) is 0 Å². The Bertz CT molecular complexity index is 714. The lowest BCUT2D eigenvalue weighted by Gasteiger charge is -2.27. The van der Waals surface area contributed by atoms with Crippen molar-refractivity contribution in [2.75, 3.05) is 13.1 Å². The monoisotopic (exact) mass is 310 g/mol. The average molecular weight is 310 g/mol. The van der Waals surface area contributed by atoms with E-state index in [1.165, 1.54) is 11.1 Å². The predicted octanol–water partition coefficient (Wildman–Crippen LogP) is 1.96. The second kappa shape index (κ2) is 6.87. The number of hydrogen-bond acceptors (Lipinski definition) is 4. The first-order valence-corrected chi connectivity index (χ1v) is 8.11. The van der Waals surface area contributed by atoms with E-state index >= 15 is 0 Å². The summed E-state index contributed by atoms with van der Waals surface area (Å²) in [6.45, 7) is 5.34. The Morgan fingerprint density at radius 2 is 2.17 bits per heavy atom. The van der Waals surface area contributed by atoms with E-state index in [-0.39, 0.29) is 11.9 Å². The van der Waals surface area contributed by atoms with Crippen LogP contribution in [0.15, 0.2) is 30.3 Å². The summed E-state index contributed by atoms with van der Waals surface area (Å²) in [5.74, 6) is -0.0790. The van der Waals surface area contributed by atoms with Gasteiger partial charge in [-0.1, -0.05) is 31.2 Å². The van der Waals surface area contributed by atoms with Crippen molar-refractivity contribution >= 4 is 5.91 Å². The average Bonchev–Trinajstić information content (AvgIpc) is 2.59. The van der Waals surface area contributed by atoms with Crippen molar-refractivity contribution in [1.82, 2.24) is 20.8 Å². The maximum absolute atomic E-state index is 12.5. The highest BCUT2D eigenvalue weighted by Gasteiger charge is 2.20. The van der Waals surface area contributed by atoms with Gasteiger partial charge in [0, 0.05) is 12.6 Å². The quantitative estimate of drug-likeness (QED) is 0.906. The normalized spacial score (nSPS) is 16.7. The third-order valence-corrected chi connectivity index (χ3v) is 4.25. The van der Waals surface area contributed by atoms with E-state index in [4.69, 9.17) is 0 Å². The first-order chi connectivity index (χ1) is 11.2. The minimum absolute atomic E-state index is 0.0790. The summed E-state index contributed by atoms with van der Waals surface area (Å²) in [5.41, 5.74) is 4.77. The molecule has 2 aromatic rings. The number of nitrogens with zero attached hydrogens (tertiary/aromatic N) is 2. The molecule has 0 fully saturated rings. The van der Waals surface area contributed by atoms with Crippen LogP contribution < -0.4 is 10.6 Å². The molecule has 0 spiro atoms. The Hall–Kier alpha value is -2.27. The molecule has 23 heavy (non-hydrogen) atoms. The molecule has 5 heteroatoms. The number of aromatic nitrogens is 2. The maximum Gasteiger partial charge on any atom is 0.253 e. The van der Waals surface area contributed by atoms with E-state index in [0.29, 0.717) is 18.5 Å². The number of fused-ring (bicyclic) bond motifs is 1. The predicted molar refractivity (Wildman–Crippen MR) is 89.4 cm³/mol. The molecule has 0 saturated carbocycles. The molecule has 1 unspecified atom stereocenters. The van der Waals surface area contributed by atoms with Crippen molar-refractivity contribution in [3.8, 4) is 0 Å². The summed E-state index contributed by atoms with van der Waals surface area (Å²) in [4.78, 5) is 12.5. The lowest BCUT2D eigenvalue weighted by Crippen LogP contribution is -2.39. The Kier molecular flexibility index (Phi) is 4.67. The van der Waals surface area contributed by atoms with E-state index in [0.717, 1.165) is 24.4 Å². The lowest BCUT2D eigenvalue weighted by molar-refractivity contribution is 0.0947. The standard InChI is InChI=1S/C18H22N4O/c1-3-16-15(10-12(2)21-22-16)18(23)20-11-17-14-7-5-4-6-13(14)8-9-19-17/h4-7,10,17,19H,3,8-9,11H2,1-2H3,(H,20,23). The Balaban J connectivity index is 1.72. The van der Waals surface area contributed by atoms with Crippen molar-refractivity contribution < 1.29 is 4.79 Å². The van der Waals surface area contributed by atoms with Gasteiger partial charge in [0.25, 0.3) is 5.91 Å². The molecule has 1 aromatic heterocycles. The summed E-state index contributed by atoms with van der Waals surface area (Å²) < 4.78 is 0. The molecule has 5 nitrogen and oxygen atoms in total. The first-order valence-electron chi connectivity index (χ1n) is 8.11. The first kappa shape index (κ1) is 15.6. The number of nitrogens with one attached hydrogen (secondary N) is 2. The molecule has 0 bridgehead atoms. The number of hydrogen-bond donors (Lipinski definition) is 2. The van der Waals surface area contributed by atoms with Crippen molar-refractivity contribution in [1.29, 1.82) is 0 Å². The molecule has 0 radical (unpaired) electrons. The van der Waals surface area contributed by atoms with Crippen LogP contribution in [0.5, 0.6) is 0 Å². The molecule has 120 valence electrons. The van der Waals surface area contributed by atoms with E-state index in [1.807, 2.05) is 26.0 Å². The fourth-order valence-corrected chi connectivity index (χ4v) is 3.04. The molecule has 1 amide bonds. The Labute approximate surface area is 136 Å². The highest BCUT2D eigenvalue weighted by atomic mass is 16.1. The fraction of sp³-hybridized carbons (Fsp3) is 0.389. The minimum Gasteiger partial charge on any atom is -0.350 e. The largest absolute Gasteiger partial charge is 0.350 e. The number of amides is 1. The summed E-state index contributed by atoms with van der Waals surface area (Å²) >= 11 is 0. The summed E-state index contributed by atoms with van der Waals surface area (Å²) in [6.07, 6.45) is 1.73. The van der Waals surface area contributed by atoms with Gasteiger partial charge in [-0.05, 0) is 43.5 Å². The zero-order valence-electron chi connectivity index (χ0n) is 13.6. The summed E-state index contributed by atoms with van der Waals surface area (Å²) in [5, 5.41) is 14.7. The molecule has 1 aromatic carbocycles. The topological polar surface area (TPSA) is 66.9 Å². The van der Waals surface area contributed by atoms with Crippen LogP contribution in [0.4, 0.5) is 0 Å². The highest BCUT2D eigenvalue weighted by molar-refractivity contribution is 5.95. The van der Waals surface area contributed by atoms with Gasteiger partial charge in [0.2, 0.25) is 0 Å². The molecule has 1 aliphatic heterocycles. The lowest BCUT2D eigenvalue weighted by atomic mass is 9.94. The van der Waals surface area contributed by atoms with Crippen molar-refractivity contribution in [2.24, 2.45) is 0 Å². The van der Waals surface area contributed by atoms with Crippen LogP contribution in [0, 0.1) is 6.92 Å². The van der Waals surface area contributed by atoms with Crippen molar-refractivity contribution in [3.63, 3.8) is 0 Å². The molecule has 0 saturated heterocycles. The highest BCUT2D eigenvalue weighted by Crippen LogP contribution is 2.22. The molecule has 0 aliphatic carbocycles. The van der Waals surface area contributed by atoms with Gasteiger partial charge >= 0.3 is 0 Å². The van der Waals surface area contributed by atoms with Crippen LogP contribution in [0.25, 0.3) is 0 Å². The SMILES string of the molecule is CCc1nnc(C)cc1C(=O)NCC1NCCc2ccccc21. The maximum atomic E-state index is 12.5. The van der Waals surface area contributed by atoms with Crippen molar-refractivity contribution in [2.45, 2.75) is 32.7 Å². The van der Waals surface area contributed by atoms with Gasteiger partial charge in [0.05, 0.1) is 17.0 Å². The third-order valence-electron chi connectivity index (χ3n) is 4.25. The zero-order chi connectivity index (χ0) is 16.2. The smallest absolute Gasteiger partial charge is 0.253 e. The number of aryl methyl sites for hydroxylation is 2. The van der Waals surface area contributed by atoms with Crippen LogP contribution in [0.2, 0.25) is 0 Å². The van der Waals surface area contributed by atoms with Crippen LogP contribution in [-0.2, 0) is 12.8 Å². The number of carbonyl (C=O) groups is 1. The van der Waals surface area contributed by atoms with Gasteiger partial charge in [0.15, 0.2) is 0 Å². The number of rotatable bonds is 4. The van der Waals surface area contributed by atoms with E-state index in [1.54, 1.807) is 0 Å². The van der Waals surface area contributed by atoms with Crippen molar-refractivity contribution in [3.05, 3.63) is 58.4 Å². The third kappa shape index (κ3) is 3.40. The minimum atomic E-state index is -0.0790. The van der Waals surface area contributed by atoms with E-state index in [2.05, 4.69) is 39.0 Å². The zero-order valence-corrected chi connectivity index (χ0v) is 13.6.